The van der Waals surface area contributed by atoms with Crippen molar-refractivity contribution < 1.29 is 14.2 Å². The summed E-state index contributed by atoms with van der Waals surface area (Å²) in [7, 11) is 1.44. The van der Waals surface area contributed by atoms with E-state index in [1.807, 2.05) is 0 Å². The van der Waals surface area contributed by atoms with E-state index < -0.39 is 11.9 Å². The third-order valence-electron chi connectivity index (χ3n) is 2.11. The molecule has 1 atom stereocenters. The number of aliphatic hydroxyl groups is 1. The first kappa shape index (κ1) is 12.2. The summed E-state index contributed by atoms with van der Waals surface area (Å²) in [5, 5.41) is 8.91. The van der Waals surface area contributed by atoms with Gasteiger partial charge < -0.3 is 15.6 Å². The number of benzene rings is 1. The molecule has 0 fully saturated rings. The molecule has 15 heavy (non-hydrogen) atoms. The third-order valence-corrected chi connectivity index (χ3v) is 2.41. The predicted molar refractivity (Wildman–Crippen MR) is 56.6 cm³/mol. The Bertz CT molecular complexity index is 346. The van der Waals surface area contributed by atoms with Gasteiger partial charge in [-0.15, -0.1) is 0 Å². The fraction of sp³-hybridized carbons (Fsp3) is 0.400. The van der Waals surface area contributed by atoms with E-state index in [-0.39, 0.29) is 11.6 Å². The topological polar surface area (TPSA) is 55.5 Å². The molecule has 84 valence electrons. The quantitative estimate of drug-likeness (QED) is 0.835. The minimum Gasteiger partial charge on any atom is -0.495 e. The van der Waals surface area contributed by atoms with Crippen molar-refractivity contribution in [2.24, 2.45) is 5.73 Å². The third kappa shape index (κ3) is 2.81. The summed E-state index contributed by atoms with van der Waals surface area (Å²) in [5.41, 5.74) is 5.98. The first-order valence-corrected chi connectivity index (χ1v) is 4.87. The van der Waals surface area contributed by atoms with E-state index in [1.165, 1.54) is 13.2 Å². The molecular weight excluding hydrogens is 221 g/mol. The van der Waals surface area contributed by atoms with Crippen LogP contribution >= 0.6 is 11.6 Å². The molecule has 1 rings (SSSR count). The minimum atomic E-state index is -0.554. The number of ether oxygens (including phenoxy) is 1. The molecule has 0 bridgehead atoms. The highest BCUT2D eigenvalue weighted by Gasteiger charge is 2.14. The lowest BCUT2D eigenvalue weighted by atomic mass is 10.0. The number of hydrogen-bond acceptors (Lipinski definition) is 3. The highest BCUT2D eigenvalue weighted by atomic mass is 35.5. The van der Waals surface area contributed by atoms with Gasteiger partial charge >= 0.3 is 0 Å². The van der Waals surface area contributed by atoms with Crippen LogP contribution in [0.2, 0.25) is 5.02 Å². The van der Waals surface area contributed by atoms with Crippen LogP contribution in [0.15, 0.2) is 12.1 Å². The average molecular weight is 234 g/mol. The van der Waals surface area contributed by atoms with Gasteiger partial charge in [-0.2, -0.15) is 0 Å². The van der Waals surface area contributed by atoms with Crippen LogP contribution in [0.1, 0.15) is 18.0 Å². The van der Waals surface area contributed by atoms with Crippen molar-refractivity contribution in [1.82, 2.24) is 0 Å². The Morgan fingerprint density at radius 2 is 2.27 bits per heavy atom. The van der Waals surface area contributed by atoms with Gasteiger partial charge in [0, 0.05) is 18.2 Å². The second-order valence-electron chi connectivity index (χ2n) is 3.13. The summed E-state index contributed by atoms with van der Waals surface area (Å²) in [4.78, 5) is 0. The molecule has 0 aromatic heterocycles. The first-order valence-electron chi connectivity index (χ1n) is 4.49. The molecule has 3 N–H and O–H groups in total. The van der Waals surface area contributed by atoms with Crippen molar-refractivity contribution in [1.29, 1.82) is 0 Å². The van der Waals surface area contributed by atoms with Crippen molar-refractivity contribution >= 4 is 11.6 Å². The SMILES string of the molecule is COc1cc(C(N)CCO)c(F)cc1Cl. The van der Waals surface area contributed by atoms with Gasteiger partial charge in [-0.3, -0.25) is 0 Å². The number of rotatable bonds is 4. The van der Waals surface area contributed by atoms with E-state index >= 15 is 0 Å². The second kappa shape index (κ2) is 5.30. The Morgan fingerprint density at radius 3 is 2.80 bits per heavy atom. The zero-order valence-electron chi connectivity index (χ0n) is 8.34. The number of aliphatic hydroxyl groups excluding tert-OH is 1. The maximum atomic E-state index is 13.4. The number of halogens is 2. The largest absolute Gasteiger partial charge is 0.495 e. The van der Waals surface area contributed by atoms with Gasteiger partial charge in [0.1, 0.15) is 11.6 Å². The van der Waals surface area contributed by atoms with E-state index in [2.05, 4.69) is 0 Å². The fourth-order valence-electron chi connectivity index (χ4n) is 1.28. The normalized spacial score (nSPS) is 12.6. The van der Waals surface area contributed by atoms with E-state index in [0.29, 0.717) is 17.7 Å². The highest BCUT2D eigenvalue weighted by Crippen LogP contribution is 2.30. The molecule has 0 aliphatic heterocycles. The van der Waals surface area contributed by atoms with Gasteiger partial charge in [0.25, 0.3) is 0 Å². The summed E-state index contributed by atoms with van der Waals surface area (Å²) < 4.78 is 18.4. The van der Waals surface area contributed by atoms with E-state index in [0.717, 1.165) is 6.07 Å². The van der Waals surface area contributed by atoms with Crippen molar-refractivity contribution in [3.63, 3.8) is 0 Å². The zero-order chi connectivity index (χ0) is 11.4. The molecule has 1 unspecified atom stereocenters. The van der Waals surface area contributed by atoms with Crippen LogP contribution in [0.5, 0.6) is 5.75 Å². The zero-order valence-corrected chi connectivity index (χ0v) is 9.09. The molecule has 0 amide bonds. The Hall–Kier alpha value is -0.840. The molecule has 0 radical (unpaired) electrons. The van der Waals surface area contributed by atoms with Crippen LogP contribution in [0.4, 0.5) is 4.39 Å². The van der Waals surface area contributed by atoms with Crippen molar-refractivity contribution in [2.45, 2.75) is 12.5 Å². The fourth-order valence-corrected chi connectivity index (χ4v) is 1.51. The number of nitrogens with two attached hydrogens (primary N) is 1. The predicted octanol–water partition coefficient (Wildman–Crippen LogP) is 1.87. The van der Waals surface area contributed by atoms with Crippen LogP contribution in [0, 0.1) is 5.82 Å². The molecule has 0 aliphatic carbocycles. The van der Waals surface area contributed by atoms with Gasteiger partial charge in [0.05, 0.1) is 12.1 Å². The van der Waals surface area contributed by atoms with E-state index in [1.54, 1.807) is 0 Å². The van der Waals surface area contributed by atoms with Crippen molar-refractivity contribution in [3.8, 4) is 5.75 Å². The van der Waals surface area contributed by atoms with Gasteiger partial charge in [-0.05, 0) is 18.6 Å². The Balaban J connectivity index is 3.06. The molecule has 1 aromatic carbocycles. The molecule has 5 heteroatoms. The average Bonchev–Trinajstić information content (AvgIpc) is 2.18. The Morgan fingerprint density at radius 1 is 1.60 bits per heavy atom. The molecule has 1 aromatic rings. The Labute approximate surface area is 92.6 Å². The van der Waals surface area contributed by atoms with Gasteiger partial charge in [-0.1, -0.05) is 11.6 Å². The molecule has 0 saturated heterocycles. The van der Waals surface area contributed by atoms with E-state index in [9.17, 15) is 4.39 Å². The maximum Gasteiger partial charge on any atom is 0.137 e. The van der Waals surface area contributed by atoms with Gasteiger partial charge in [-0.25, -0.2) is 4.39 Å². The lowest BCUT2D eigenvalue weighted by Crippen LogP contribution is -2.13. The second-order valence-corrected chi connectivity index (χ2v) is 3.53. The van der Waals surface area contributed by atoms with Gasteiger partial charge in [0.15, 0.2) is 0 Å². The van der Waals surface area contributed by atoms with Crippen LogP contribution in [-0.2, 0) is 0 Å². The standard InChI is InChI=1S/C10H13ClFNO2/c1-15-10-4-6(9(13)2-3-14)8(12)5-7(10)11/h4-5,9,14H,2-3,13H2,1H3. The summed E-state index contributed by atoms with van der Waals surface area (Å²) >= 11 is 5.73. The summed E-state index contributed by atoms with van der Waals surface area (Å²) in [5.74, 6) is -0.108. The lowest BCUT2D eigenvalue weighted by Gasteiger charge is -2.13. The van der Waals surface area contributed by atoms with Crippen molar-refractivity contribution in [2.75, 3.05) is 13.7 Å². The maximum absolute atomic E-state index is 13.4. The minimum absolute atomic E-state index is 0.0917. The molecule has 0 spiro atoms. The molecule has 3 nitrogen and oxygen atoms in total. The van der Waals surface area contributed by atoms with Crippen LogP contribution in [-0.4, -0.2) is 18.8 Å². The molecule has 0 saturated carbocycles. The number of methoxy groups -OCH3 is 1. The van der Waals surface area contributed by atoms with E-state index in [4.69, 9.17) is 27.2 Å². The lowest BCUT2D eigenvalue weighted by molar-refractivity contribution is 0.275. The summed E-state index contributed by atoms with van der Waals surface area (Å²) in [6, 6.07) is 2.06. The Kier molecular flexibility index (Phi) is 4.32. The number of hydrogen-bond donors (Lipinski definition) is 2. The molecule has 0 aliphatic rings. The monoisotopic (exact) mass is 233 g/mol. The first-order chi connectivity index (χ1) is 7.10. The van der Waals surface area contributed by atoms with Crippen molar-refractivity contribution in [3.05, 3.63) is 28.5 Å². The highest BCUT2D eigenvalue weighted by molar-refractivity contribution is 6.32. The summed E-state index contributed by atoms with van der Waals surface area (Å²) in [6.07, 6.45) is 0.293. The van der Waals surface area contributed by atoms with Crippen LogP contribution < -0.4 is 10.5 Å². The summed E-state index contributed by atoms with van der Waals surface area (Å²) in [6.45, 7) is -0.0917. The molecule has 0 heterocycles. The molecular formula is C10H13ClFNO2. The smallest absolute Gasteiger partial charge is 0.137 e. The van der Waals surface area contributed by atoms with Gasteiger partial charge in [0.2, 0.25) is 0 Å². The van der Waals surface area contributed by atoms with Crippen LogP contribution in [0.3, 0.4) is 0 Å². The van der Waals surface area contributed by atoms with Crippen LogP contribution in [0.25, 0.3) is 0 Å².